The summed E-state index contributed by atoms with van der Waals surface area (Å²) >= 11 is 0. The second-order valence-corrected chi connectivity index (χ2v) is 6.60. The first-order valence-corrected chi connectivity index (χ1v) is 8.25. The molecule has 0 aromatic heterocycles. The van der Waals surface area contributed by atoms with Crippen molar-refractivity contribution in [2.24, 2.45) is 0 Å². The number of aryl methyl sites for hydroxylation is 1. The molecule has 6 heteroatoms. The van der Waals surface area contributed by atoms with Crippen molar-refractivity contribution in [1.29, 1.82) is 5.26 Å². The Morgan fingerprint density at radius 2 is 2.05 bits per heavy atom. The minimum atomic E-state index is -3.46. The number of benzene rings is 1. The third kappa shape index (κ3) is 5.41. The van der Waals surface area contributed by atoms with Crippen LogP contribution >= 0.6 is 0 Å². The van der Waals surface area contributed by atoms with Gasteiger partial charge in [0.1, 0.15) is 5.75 Å². The molecule has 1 N–H and O–H groups in total. The molecular weight excluding hydrogens is 276 g/mol. The number of carbonyl (C=O) groups excluding carboxylic acids is 1. The van der Waals surface area contributed by atoms with Gasteiger partial charge in [0.2, 0.25) is 5.91 Å². The van der Waals surface area contributed by atoms with Gasteiger partial charge in [0.25, 0.3) is 0 Å². The molecule has 1 aromatic carbocycles. The molecule has 0 bridgehead atoms. The van der Waals surface area contributed by atoms with Gasteiger partial charge >= 0.3 is 0 Å². The van der Waals surface area contributed by atoms with Crippen molar-refractivity contribution in [3.05, 3.63) is 29.8 Å². The van der Waals surface area contributed by atoms with E-state index in [1.165, 1.54) is 0 Å². The summed E-state index contributed by atoms with van der Waals surface area (Å²) < 4.78 is 23.4. The van der Waals surface area contributed by atoms with E-state index in [-0.39, 0.29) is 18.6 Å². The smallest absolute Gasteiger partial charge is 0.239 e. The molecule has 0 saturated heterocycles. The maximum atomic E-state index is 11.8. The number of nitrogens with zero attached hydrogens (tertiary/aromatic N) is 1. The van der Waals surface area contributed by atoms with Crippen molar-refractivity contribution in [3.8, 4) is 6.07 Å². The number of unbranched alkanes of at least 4 members (excludes halogenated alkanes) is 1. The quantitative estimate of drug-likeness (QED) is 0.778. The van der Waals surface area contributed by atoms with Crippen molar-refractivity contribution < 1.29 is 13.2 Å². The number of para-hydroxylation sites is 1. The number of hydrogen-bond donors (Lipinski definition) is 1. The van der Waals surface area contributed by atoms with E-state index < -0.39 is 21.5 Å². The van der Waals surface area contributed by atoms with E-state index in [2.05, 4.69) is 5.32 Å². The minimum absolute atomic E-state index is 0.136. The summed E-state index contributed by atoms with van der Waals surface area (Å²) in [5.74, 6) is -1.22. The van der Waals surface area contributed by atoms with Crippen LogP contribution in [0.25, 0.3) is 0 Å². The molecule has 0 spiro atoms. The lowest BCUT2D eigenvalue weighted by molar-refractivity contribution is -0.113. The van der Waals surface area contributed by atoms with Gasteiger partial charge in [-0.1, -0.05) is 25.1 Å². The van der Waals surface area contributed by atoms with Crippen LogP contribution in [0.15, 0.2) is 24.3 Å². The van der Waals surface area contributed by atoms with Gasteiger partial charge in [-0.05, 0) is 24.5 Å². The Morgan fingerprint density at radius 1 is 1.35 bits per heavy atom. The molecule has 0 unspecified atom stereocenters. The number of hydrogen-bond acceptors (Lipinski definition) is 4. The Balaban J connectivity index is 2.61. The van der Waals surface area contributed by atoms with E-state index >= 15 is 0 Å². The van der Waals surface area contributed by atoms with Crippen molar-refractivity contribution >= 4 is 21.4 Å². The molecular formula is C14H18N2O3S. The van der Waals surface area contributed by atoms with E-state index in [0.717, 1.165) is 12.0 Å². The van der Waals surface area contributed by atoms with Crippen LogP contribution in [0.3, 0.4) is 0 Å². The van der Waals surface area contributed by atoms with Crippen molar-refractivity contribution in [2.75, 3.05) is 16.8 Å². The number of sulfone groups is 1. The first-order chi connectivity index (χ1) is 9.48. The van der Waals surface area contributed by atoms with Crippen LogP contribution in [0, 0.1) is 11.3 Å². The Bertz CT molecular complexity index is 603. The Hall–Kier alpha value is -1.87. The molecule has 5 nitrogen and oxygen atoms in total. The Morgan fingerprint density at radius 3 is 2.70 bits per heavy atom. The molecule has 0 saturated carbocycles. The highest BCUT2D eigenvalue weighted by molar-refractivity contribution is 7.92. The van der Waals surface area contributed by atoms with E-state index in [0.29, 0.717) is 5.69 Å². The molecule has 20 heavy (non-hydrogen) atoms. The summed E-state index contributed by atoms with van der Waals surface area (Å²) in [6, 6.07) is 9.17. The number of carbonyl (C=O) groups is 1. The van der Waals surface area contributed by atoms with Crippen LogP contribution in [-0.2, 0) is 21.1 Å². The third-order valence-electron chi connectivity index (χ3n) is 2.77. The molecule has 0 aliphatic carbocycles. The molecule has 0 heterocycles. The van der Waals surface area contributed by atoms with Crippen LogP contribution in [0.5, 0.6) is 0 Å². The van der Waals surface area contributed by atoms with Crippen molar-refractivity contribution in [3.63, 3.8) is 0 Å². The molecule has 1 aromatic rings. The van der Waals surface area contributed by atoms with Gasteiger partial charge in [-0.2, -0.15) is 5.26 Å². The predicted molar refractivity (Wildman–Crippen MR) is 78.0 cm³/mol. The standard InChI is InChI=1S/C14H18N2O3S/c1-2-12-7-3-4-8-13(12)16-14(17)11-20(18,19)10-6-5-9-15/h3-4,7-8H,2,5-6,10-11H2,1H3,(H,16,17). The molecule has 1 rings (SSSR count). The maximum Gasteiger partial charge on any atom is 0.239 e. The fourth-order valence-corrected chi connectivity index (χ4v) is 2.98. The lowest BCUT2D eigenvalue weighted by Gasteiger charge is -2.09. The van der Waals surface area contributed by atoms with Gasteiger partial charge in [-0.15, -0.1) is 0 Å². The van der Waals surface area contributed by atoms with Crippen LogP contribution in [0.1, 0.15) is 25.3 Å². The van der Waals surface area contributed by atoms with Crippen LogP contribution in [-0.4, -0.2) is 25.8 Å². The van der Waals surface area contributed by atoms with Gasteiger partial charge in [0, 0.05) is 12.1 Å². The average molecular weight is 294 g/mol. The number of rotatable bonds is 7. The van der Waals surface area contributed by atoms with Crippen LogP contribution in [0.2, 0.25) is 0 Å². The Labute approximate surface area is 119 Å². The van der Waals surface area contributed by atoms with E-state index in [4.69, 9.17) is 5.26 Å². The lowest BCUT2D eigenvalue weighted by Crippen LogP contribution is -2.25. The average Bonchev–Trinajstić information content (AvgIpc) is 2.38. The fraction of sp³-hybridized carbons (Fsp3) is 0.429. The van der Waals surface area contributed by atoms with Crippen molar-refractivity contribution in [1.82, 2.24) is 0 Å². The molecule has 0 atom stereocenters. The molecule has 0 aliphatic rings. The second-order valence-electron chi connectivity index (χ2n) is 4.41. The molecule has 108 valence electrons. The number of nitriles is 1. The predicted octanol–water partition coefficient (Wildman–Crippen LogP) is 1.91. The second kappa shape index (κ2) is 7.65. The maximum absolute atomic E-state index is 11.8. The monoisotopic (exact) mass is 294 g/mol. The van der Waals surface area contributed by atoms with Gasteiger partial charge in [-0.25, -0.2) is 8.42 Å². The minimum Gasteiger partial charge on any atom is -0.325 e. The zero-order valence-electron chi connectivity index (χ0n) is 11.4. The lowest BCUT2D eigenvalue weighted by atomic mass is 10.1. The Kier molecular flexibility index (Phi) is 6.19. The van der Waals surface area contributed by atoms with E-state index in [9.17, 15) is 13.2 Å². The fourth-order valence-electron chi connectivity index (χ4n) is 1.78. The first-order valence-electron chi connectivity index (χ1n) is 6.43. The molecule has 0 aliphatic heterocycles. The summed E-state index contributed by atoms with van der Waals surface area (Å²) in [6.45, 7) is 1.96. The van der Waals surface area contributed by atoms with Gasteiger partial charge < -0.3 is 5.32 Å². The van der Waals surface area contributed by atoms with Gasteiger partial charge in [0.15, 0.2) is 9.84 Å². The van der Waals surface area contributed by atoms with E-state index in [1.54, 1.807) is 12.1 Å². The largest absolute Gasteiger partial charge is 0.325 e. The van der Waals surface area contributed by atoms with E-state index in [1.807, 2.05) is 25.1 Å². The third-order valence-corrected chi connectivity index (χ3v) is 4.38. The number of nitrogens with one attached hydrogen (secondary N) is 1. The van der Waals surface area contributed by atoms with Crippen LogP contribution in [0.4, 0.5) is 5.69 Å². The molecule has 0 fully saturated rings. The normalized spacial score (nSPS) is 10.8. The first kappa shape index (κ1) is 16.2. The SMILES string of the molecule is CCc1ccccc1NC(=O)CS(=O)(=O)CCCC#N. The summed E-state index contributed by atoms with van der Waals surface area (Å²) in [6.07, 6.45) is 1.20. The summed E-state index contributed by atoms with van der Waals surface area (Å²) in [7, 11) is -3.46. The zero-order chi connectivity index (χ0) is 15.0. The topological polar surface area (TPSA) is 87.0 Å². The zero-order valence-corrected chi connectivity index (χ0v) is 12.2. The van der Waals surface area contributed by atoms with Gasteiger partial charge in [-0.3, -0.25) is 4.79 Å². The molecule has 0 radical (unpaired) electrons. The summed E-state index contributed by atoms with van der Waals surface area (Å²) in [4.78, 5) is 11.8. The van der Waals surface area contributed by atoms with Crippen LogP contribution < -0.4 is 5.32 Å². The highest BCUT2D eigenvalue weighted by Gasteiger charge is 2.17. The number of anilines is 1. The molecule has 1 amide bonds. The van der Waals surface area contributed by atoms with Gasteiger partial charge in [0.05, 0.1) is 11.8 Å². The highest BCUT2D eigenvalue weighted by atomic mass is 32.2. The highest BCUT2D eigenvalue weighted by Crippen LogP contribution is 2.15. The summed E-state index contributed by atoms with van der Waals surface area (Å²) in [5, 5.41) is 11.0. The summed E-state index contributed by atoms with van der Waals surface area (Å²) in [5.41, 5.74) is 1.61. The van der Waals surface area contributed by atoms with Crippen molar-refractivity contribution in [2.45, 2.75) is 26.2 Å². The number of amides is 1.